The molecule has 17 heavy (non-hydrogen) atoms. The van der Waals surface area contributed by atoms with Gasteiger partial charge in [0.15, 0.2) is 0 Å². The molecular formula is C13H17NO3. The van der Waals surface area contributed by atoms with E-state index in [2.05, 4.69) is 0 Å². The fourth-order valence-corrected chi connectivity index (χ4v) is 1.73. The third-order valence-electron chi connectivity index (χ3n) is 2.61. The minimum absolute atomic E-state index is 0.00449. The van der Waals surface area contributed by atoms with Gasteiger partial charge in [-0.3, -0.25) is 9.63 Å². The van der Waals surface area contributed by atoms with Crippen LogP contribution in [0.1, 0.15) is 18.4 Å². The van der Waals surface area contributed by atoms with Crippen molar-refractivity contribution in [2.45, 2.75) is 19.8 Å². The molecule has 92 valence electrons. The molecule has 4 nitrogen and oxygen atoms in total. The first-order valence-corrected chi connectivity index (χ1v) is 5.88. The molecule has 0 spiro atoms. The van der Waals surface area contributed by atoms with Crippen molar-refractivity contribution < 1.29 is 14.4 Å². The third kappa shape index (κ3) is 3.46. The Morgan fingerprint density at radius 2 is 2.41 bits per heavy atom. The van der Waals surface area contributed by atoms with Gasteiger partial charge in [-0.2, -0.15) is 0 Å². The summed E-state index contributed by atoms with van der Waals surface area (Å²) in [5.74, 6) is 0.801. The number of amides is 1. The van der Waals surface area contributed by atoms with Gasteiger partial charge >= 0.3 is 0 Å². The Morgan fingerprint density at radius 1 is 1.53 bits per heavy atom. The molecule has 1 amide bonds. The lowest BCUT2D eigenvalue weighted by atomic mass is 10.2. The summed E-state index contributed by atoms with van der Waals surface area (Å²) in [6.45, 7) is 3.74. The monoisotopic (exact) mass is 235 g/mol. The molecule has 1 aromatic rings. The van der Waals surface area contributed by atoms with Crippen molar-refractivity contribution in [3.63, 3.8) is 0 Å². The summed E-state index contributed by atoms with van der Waals surface area (Å²) in [4.78, 5) is 16.8. The van der Waals surface area contributed by atoms with Crippen LogP contribution in [0.4, 0.5) is 0 Å². The van der Waals surface area contributed by atoms with Crippen LogP contribution in [0.15, 0.2) is 24.3 Å². The highest BCUT2D eigenvalue weighted by Gasteiger charge is 2.18. The van der Waals surface area contributed by atoms with Gasteiger partial charge in [-0.15, -0.1) is 0 Å². The Morgan fingerprint density at radius 3 is 3.12 bits per heavy atom. The van der Waals surface area contributed by atoms with Crippen LogP contribution in [0.2, 0.25) is 0 Å². The fourth-order valence-electron chi connectivity index (χ4n) is 1.73. The van der Waals surface area contributed by atoms with Crippen LogP contribution < -0.4 is 4.74 Å². The Labute approximate surface area is 101 Å². The molecule has 2 rings (SSSR count). The van der Waals surface area contributed by atoms with Crippen LogP contribution in [-0.4, -0.2) is 30.7 Å². The maximum atomic E-state index is 11.6. The highest BCUT2D eigenvalue weighted by molar-refractivity contribution is 5.75. The lowest BCUT2D eigenvalue weighted by molar-refractivity contribution is -0.169. The van der Waals surface area contributed by atoms with Gasteiger partial charge in [0.25, 0.3) is 0 Å². The number of carbonyl (C=O) groups excluding carboxylic acids is 1. The Kier molecular flexibility index (Phi) is 3.98. The minimum atomic E-state index is -0.00449. The molecule has 0 saturated carbocycles. The van der Waals surface area contributed by atoms with Gasteiger partial charge in [0.05, 0.1) is 26.2 Å². The van der Waals surface area contributed by atoms with Crippen LogP contribution >= 0.6 is 0 Å². The molecule has 1 aliphatic heterocycles. The average Bonchev–Trinajstić information content (AvgIpc) is 2.82. The Bertz CT molecular complexity index is 386. The zero-order valence-corrected chi connectivity index (χ0v) is 10.0. The second-order valence-corrected chi connectivity index (χ2v) is 4.10. The maximum absolute atomic E-state index is 11.6. The van der Waals surface area contributed by atoms with Crippen LogP contribution in [0.5, 0.6) is 5.75 Å². The van der Waals surface area contributed by atoms with Gasteiger partial charge in [0, 0.05) is 0 Å². The van der Waals surface area contributed by atoms with Crippen molar-refractivity contribution >= 4 is 5.91 Å². The number of benzene rings is 1. The van der Waals surface area contributed by atoms with Gasteiger partial charge in [0.1, 0.15) is 5.75 Å². The normalized spacial score (nSPS) is 15.0. The number of nitrogens with zero attached hydrogens (tertiary/aromatic N) is 1. The number of aryl methyl sites for hydroxylation is 1. The lowest BCUT2D eigenvalue weighted by Crippen LogP contribution is -2.27. The lowest BCUT2D eigenvalue weighted by Gasteiger charge is -2.13. The summed E-state index contributed by atoms with van der Waals surface area (Å²) in [6, 6.07) is 7.80. The van der Waals surface area contributed by atoms with Crippen molar-refractivity contribution in [1.29, 1.82) is 0 Å². The summed E-state index contributed by atoms with van der Waals surface area (Å²) >= 11 is 0. The molecule has 0 bridgehead atoms. The van der Waals surface area contributed by atoms with E-state index in [-0.39, 0.29) is 5.91 Å². The zero-order chi connectivity index (χ0) is 12.1. The molecule has 0 radical (unpaired) electrons. The average molecular weight is 235 g/mol. The molecule has 1 saturated heterocycles. The van der Waals surface area contributed by atoms with E-state index in [1.54, 1.807) is 0 Å². The summed E-state index contributed by atoms with van der Waals surface area (Å²) < 4.78 is 5.51. The number of rotatable bonds is 4. The molecule has 1 aliphatic rings. The van der Waals surface area contributed by atoms with E-state index >= 15 is 0 Å². The predicted molar refractivity (Wildman–Crippen MR) is 63.6 cm³/mol. The standard InChI is InChI=1S/C13H17NO3/c1-11-4-2-5-12(10-11)16-9-6-13(15)14-7-3-8-17-14/h2,4-5,10H,3,6-9H2,1H3. The van der Waals surface area contributed by atoms with E-state index in [0.29, 0.717) is 26.2 Å². The third-order valence-corrected chi connectivity index (χ3v) is 2.61. The number of hydrogen-bond acceptors (Lipinski definition) is 3. The van der Waals surface area contributed by atoms with Gasteiger partial charge in [-0.25, -0.2) is 5.06 Å². The largest absolute Gasteiger partial charge is 0.493 e. The number of hydroxylamine groups is 2. The van der Waals surface area contributed by atoms with E-state index in [4.69, 9.17) is 9.57 Å². The van der Waals surface area contributed by atoms with Gasteiger partial charge < -0.3 is 4.74 Å². The zero-order valence-electron chi connectivity index (χ0n) is 10.0. The van der Waals surface area contributed by atoms with E-state index < -0.39 is 0 Å². The van der Waals surface area contributed by atoms with Crippen LogP contribution in [0.3, 0.4) is 0 Å². The molecule has 0 atom stereocenters. The molecule has 0 aliphatic carbocycles. The summed E-state index contributed by atoms with van der Waals surface area (Å²) in [5, 5.41) is 1.43. The van der Waals surface area contributed by atoms with Crippen LogP contribution in [-0.2, 0) is 9.63 Å². The van der Waals surface area contributed by atoms with Gasteiger partial charge in [-0.05, 0) is 31.0 Å². The summed E-state index contributed by atoms with van der Waals surface area (Å²) in [5.41, 5.74) is 1.15. The van der Waals surface area contributed by atoms with E-state index in [0.717, 1.165) is 17.7 Å². The number of hydrogen-bond donors (Lipinski definition) is 0. The van der Waals surface area contributed by atoms with Crippen molar-refractivity contribution in [3.8, 4) is 5.75 Å². The highest BCUT2D eigenvalue weighted by Crippen LogP contribution is 2.13. The molecule has 0 N–H and O–H groups in total. The Balaban J connectivity index is 1.73. The molecule has 1 aromatic carbocycles. The quantitative estimate of drug-likeness (QED) is 0.800. The van der Waals surface area contributed by atoms with Crippen LogP contribution in [0.25, 0.3) is 0 Å². The van der Waals surface area contributed by atoms with E-state index in [1.165, 1.54) is 5.06 Å². The number of carbonyl (C=O) groups is 1. The minimum Gasteiger partial charge on any atom is -0.493 e. The molecule has 1 fully saturated rings. The molecule has 1 heterocycles. The smallest absolute Gasteiger partial charge is 0.249 e. The maximum Gasteiger partial charge on any atom is 0.249 e. The predicted octanol–water partition coefficient (Wildman–Crippen LogP) is 1.93. The molecule has 0 unspecified atom stereocenters. The first-order valence-electron chi connectivity index (χ1n) is 5.88. The second-order valence-electron chi connectivity index (χ2n) is 4.10. The van der Waals surface area contributed by atoms with E-state index in [9.17, 15) is 4.79 Å². The second kappa shape index (κ2) is 5.68. The SMILES string of the molecule is Cc1cccc(OCCC(=O)N2CCCO2)c1. The number of ether oxygens (including phenoxy) is 1. The fraction of sp³-hybridized carbons (Fsp3) is 0.462. The van der Waals surface area contributed by atoms with Gasteiger partial charge in [0.2, 0.25) is 5.91 Å². The first kappa shape index (κ1) is 11.9. The van der Waals surface area contributed by atoms with E-state index in [1.807, 2.05) is 31.2 Å². The van der Waals surface area contributed by atoms with Crippen LogP contribution in [0, 0.1) is 6.92 Å². The van der Waals surface area contributed by atoms with Crippen molar-refractivity contribution in [3.05, 3.63) is 29.8 Å². The highest BCUT2D eigenvalue weighted by atomic mass is 16.7. The van der Waals surface area contributed by atoms with Crippen molar-refractivity contribution in [2.75, 3.05) is 19.8 Å². The molecular weight excluding hydrogens is 218 g/mol. The summed E-state index contributed by atoms with van der Waals surface area (Å²) in [7, 11) is 0. The van der Waals surface area contributed by atoms with Gasteiger partial charge in [-0.1, -0.05) is 12.1 Å². The molecule has 4 heteroatoms. The van der Waals surface area contributed by atoms with Crippen molar-refractivity contribution in [1.82, 2.24) is 5.06 Å². The summed E-state index contributed by atoms with van der Waals surface area (Å²) in [6.07, 6.45) is 1.28. The molecule has 0 aromatic heterocycles. The Hall–Kier alpha value is -1.55. The first-order chi connectivity index (χ1) is 8.25. The van der Waals surface area contributed by atoms with Crippen molar-refractivity contribution in [2.24, 2.45) is 0 Å². The topological polar surface area (TPSA) is 38.8 Å².